The number of carbonyl (C=O) groups excluding carboxylic acids is 1. The molecule has 0 aliphatic heterocycles. The average molecular weight is 290 g/mol. The Balaban J connectivity index is 1.54. The zero-order chi connectivity index (χ0) is 15.1. The predicted octanol–water partition coefficient (Wildman–Crippen LogP) is 2.70. The summed E-state index contributed by atoms with van der Waals surface area (Å²) < 4.78 is 5.25. The van der Waals surface area contributed by atoms with Gasteiger partial charge >= 0.3 is 0 Å². The van der Waals surface area contributed by atoms with E-state index in [9.17, 15) is 4.79 Å². The maximum atomic E-state index is 12.3. The molecule has 1 amide bonds. The minimum Gasteiger partial charge on any atom is -0.468 e. The lowest BCUT2D eigenvalue weighted by molar-refractivity contribution is -0.124. The van der Waals surface area contributed by atoms with Crippen LogP contribution < -0.4 is 10.6 Å². The van der Waals surface area contributed by atoms with Gasteiger partial charge < -0.3 is 15.1 Å². The highest BCUT2D eigenvalue weighted by atomic mass is 16.3. The second-order valence-corrected chi connectivity index (χ2v) is 7.36. The fourth-order valence-electron chi connectivity index (χ4n) is 4.42. The Morgan fingerprint density at radius 2 is 2.10 bits per heavy atom. The van der Waals surface area contributed by atoms with Crippen LogP contribution in [0.1, 0.15) is 45.8 Å². The van der Waals surface area contributed by atoms with E-state index in [1.54, 1.807) is 6.26 Å². The van der Waals surface area contributed by atoms with Crippen LogP contribution in [0.5, 0.6) is 0 Å². The molecule has 4 nitrogen and oxygen atoms in total. The molecule has 0 aromatic carbocycles. The fraction of sp³-hybridized carbons (Fsp3) is 0.706. The van der Waals surface area contributed by atoms with E-state index in [4.69, 9.17) is 4.42 Å². The van der Waals surface area contributed by atoms with Gasteiger partial charge in [-0.1, -0.05) is 13.8 Å². The van der Waals surface area contributed by atoms with Gasteiger partial charge in [0, 0.05) is 5.54 Å². The molecule has 2 bridgehead atoms. The van der Waals surface area contributed by atoms with Crippen LogP contribution in [0.2, 0.25) is 0 Å². The van der Waals surface area contributed by atoms with Gasteiger partial charge in [-0.3, -0.25) is 4.79 Å². The van der Waals surface area contributed by atoms with Crippen molar-refractivity contribution in [3.63, 3.8) is 0 Å². The summed E-state index contributed by atoms with van der Waals surface area (Å²) in [6.07, 6.45) is 5.49. The van der Waals surface area contributed by atoms with E-state index in [0.29, 0.717) is 19.0 Å². The molecule has 1 aromatic rings. The summed E-state index contributed by atoms with van der Waals surface area (Å²) in [6.45, 7) is 7.79. The zero-order valence-corrected chi connectivity index (χ0v) is 13.2. The van der Waals surface area contributed by atoms with Crippen molar-refractivity contribution in [1.29, 1.82) is 0 Å². The molecule has 3 atom stereocenters. The molecule has 4 heteroatoms. The largest absolute Gasteiger partial charge is 0.468 e. The summed E-state index contributed by atoms with van der Waals surface area (Å²) in [5.41, 5.74) is 0.117. The van der Waals surface area contributed by atoms with Crippen LogP contribution in [0, 0.1) is 17.3 Å². The second kappa shape index (κ2) is 5.16. The van der Waals surface area contributed by atoms with Gasteiger partial charge in [-0.25, -0.2) is 0 Å². The van der Waals surface area contributed by atoms with Crippen molar-refractivity contribution < 1.29 is 9.21 Å². The first kappa shape index (κ1) is 14.6. The number of rotatable bonds is 5. The molecule has 2 fully saturated rings. The third-order valence-electron chi connectivity index (χ3n) is 6.17. The maximum absolute atomic E-state index is 12.3. The van der Waals surface area contributed by atoms with Crippen LogP contribution in [-0.4, -0.2) is 18.0 Å². The molecule has 116 valence electrons. The van der Waals surface area contributed by atoms with E-state index >= 15 is 0 Å². The average Bonchev–Trinajstić information content (AvgIpc) is 3.11. The molecule has 0 unspecified atom stereocenters. The van der Waals surface area contributed by atoms with Gasteiger partial charge in [0.25, 0.3) is 0 Å². The molecule has 0 radical (unpaired) electrons. The Bertz CT molecular complexity index is 509. The predicted molar refractivity (Wildman–Crippen MR) is 81.6 cm³/mol. The smallest absolute Gasteiger partial charge is 0.234 e. The molecule has 21 heavy (non-hydrogen) atoms. The topological polar surface area (TPSA) is 54.3 Å². The standard InChI is InChI=1S/C17H26N2O2/c1-16(2)12-6-7-13(9-12)17(16,3)19-15(20)11-18-10-14-5-4-8-21-14/h4-5,8,12-13,18H,6-7,9-11H2,1-3H3,(H,19,20)/t12-,13-,17-/m1/s1. The minimum atomic E-state index is -0.0701. The van der Waals surface area contributed by atoms with Crippen molar-refractivity contribution in [2.45, 2.75) is 52.1 Å². The van der Waals surface area contributed by atoms with Crippen LogP contribution in [-0.2, 0) is 11.3 Å². The molecule has 3 rings (SSSR count). The molecule has 2 N–H and O–H groups in total. The van der Waals surface area contributed by atoms with Gasteiger partial charge in [0.2, 0.25) is 5.91 Å². The first-order chi connectivity index (χ1) is 9.93. The number of amides is 1. The summed E-state index contributed by atoms with van der Waals surface area (Å²) in [5.74, 6) is 2.33. The number of hydrogen-bond acceptors (Lipinski definition) is 3. The Kier molecular flexibility index (Phi) is 3.60. The van der Waals surface area contributed by atoms with Crippen molar-refractivity contribution in [1.82, 2.24) is 10.6 Å². The normalized spacial score (nSPS) is 33.3. The molecular weight excluding hydrogens is 264 g/mol. The molecule has 0 saturated heterocycles. The number of carbonyl (C=O) groups is 1. The highest BCUT2D eigenvalue weighted by Gasteiger charge is 2.60. The molecule has 2 aliphatic carbocycles. The number of hydrogen-bond donors (Lipinski definition) is 2. The Morgan fingerprint density at radius 1 is 1.33 bits per heavy atom. The molecular formula is C17H26N2O2. The molecule has 0 spiro atoms. The van der Waals surface area contributed by atoms with Crippen LogP contribution in [0.4, 0.5) is 0 Å². The van der Waals surface area contributed by atoms with Gasteiger partial charge in [-0.05, 0) is 55.6 Å². The summed E-state index contributed by atoms with van der Waals surface area (Å²) in [4.78, 5) is 12.3. The van der Waals surface area contributed by atoms with Crippen LogP contribution in [0.15, 0.2) is 22.8 Å². The number of nitrogens with one attached hydrogen (secondary N) is 2. The van der Waals surface area contributed by atoms with Gasteiger partial charge in [-0.15, -0.1) is 0 Å². The molecule has 2 aliphatic rings. The van der Waals surface area contributed by atoms with E-state index < -0.39 is 0 Å². The maximum Gasteiger partial charge on any atom is 0.234 e. The zero-order valence-electron chi connectivity index (χ0n) is 13.2. The van der Waals surface area contributed by atoms with E-state index in [2.05, 4.69) is 31.4 Å². The monoisotopic (exact) mass is 290 g/mol. The fourth-order valence-corrected chi connectivity index (χ4v) is 4.42. The van der Waals surface area contributed by atoms with Gasteiger partial charge in [0.05, 0.1) is 19.4 Å². The number of fused-ring (bicyclic) bond motifs is 2. The summed E-state index contributed by atoms with van der Waals surface area (Å²) in [7, 11) is 0. The van der Waals surface area contributed by atoms with Crippen molar-refractivity contribution >= 4 is 5.91 Å². The Morgan fingerprint density at radius 3 is 2.71 bits per heavy atom. The summed E-state index contributed by atoms with van der Waals surface area (Å²) in [5, 5.41) is 6.47. The van der Waals surface area contributed by atoms with Crippen LogP contribution in [0.25, 0.3) is 0 Å². The minimum absolute atomic E-state index is 0.0701. The lowest BCUT2D eigenvalue weighted by atomic mass is 9.64. The SMILES string of the molecule is CC1(C)[C@@H]2CC[C@H](C2)[C@@]1(C)NC(=O)CNCc1ccco1. The molecule has 2 saturated carbocycles. The highest BCUT2D eigenvalue weighted by Crippen LogP contribution is 2.61. The van der Waals surface area contributed by atoms with E-state index in [0.717, 1.165) is 11.7 Å². The van der Waals surface area contributed by atoms with Crippen molar-refractivity contribution in [3.05, 3.63) is 24.2 Å². The lowest BCUT2D eigenvalue weighted by Gasteiger charge is -2.48. The van der Waals surface area contributed by atoms with Crippen molar-refractivity contribution in [3.8, 4) is 0 Å². The summed E-state index contributed by atoms with van der Waals surface area (Å²) in [6, 6.07) is 3.77. The van der Waals surface area contributed by atoms with Crippen LogP contribution in [0.3, 0.4) is 0 Å². The first-order valence-corrected chi connectivity index (χ1v) is 7.97. The molecule has 1 aromatic heterocycles. The van der Waals surface area contributed by atoms with Crippen molar-refractivity contribution in [2.24, 2.45) is 17.3 Å². The highest BCUT2D eigenvalue weighted by molar-refractivity contribution is 5.79. The Labute approximate surface area is 126 Å². The quantitative estimate of drug-likeness (QED) is 0.876. The molecule has 1 heterocycles. The summed E-state index contributed by atoms with van der Waals surface area (Å²) >= 11 is 0. The second-order valence-electron chi connectivity index (χ2n) is 7.36. The van der Waals surface area contributed by atoms with Gasteiger partial charge in [-0.2, -0.15) is 0 Å². The van der Waals surface area contributed by atoms with Crippen molar-refractivity contribution in [2.75, 3.05) is 6.54 Å². The first-order valence-electron chi connectivity index (χ1n) is 7.97. The Hall–Kier alpha value is -1.29. The van der Waals surface area contributed by atoms with Crippen LogP contribution >= 0.6 is 0 Å². The van der Waals surface area contributed by atoms with E-state index in [1.807, 2.05) is 12.1 Å². The van der Waals surface area contributed by atoms with Gasteiger partial charge in [0.15, 0.2) is 0 Å². The van der Waals surface area contributed by atoms with Gasteiger partial charge in [0.1, 0.15) is 5.76 Å². The van der Waals surface area contributed by atoms with E-state index in [-0.39, 0.29) is 16.9 Å². The lowest BCUT2D eigenvalue weighted by Crippen LogP contribution is -2.60. The third-order valence-corrected chi connectivity index (χ3v) is 6.17. The third kappa shape index (κ3) is 2.39. The van der Waals surface area contributed by atoms with E-state index in [1.165, 1.54) is 19.3 Å². The number of furan rings is 1.